The van der Waals surface area contributed by atoms with Crippen molar-refractivity contribution in [2.45, 2.75) is 53.0 Å². The molecule has 4 heteroatoms. The zero-order chi connectivity index (χ0) is 13.7. The van der Waals surface area contributed by atoms with Crippen molar-refractivity contribution in [2.24, 2.45) is 5.41 Å². The molecule has 0 radical (unpaired) electrons. The highest BCUT2D eigenvalue weighted by molar-refractivity contribution is 6.70. The van der Waals surface area contributed by atoms with Crippen LogP contribution in [-0.4, -0.2) is 17.5 Å². The molecule has 0 spiro atoms. The van der Waals surface area contributed by atoms with E-state index in [1.54, 1.807) is 0 Å². The van der Waals surface area contributed by atoms with Crippen molar-refractivity contribution in [1.29, 1.82) is 0 Å². The topological polar surface area (TPSA) is 22.1 Å². The summed E-state index contributed by atoms with van der Waals surface area (Å²) in [6.45, 7) is 13.2. The van der Waals surface area contributed by atoms with E-state index in [4.69, 9.17) is 16.3 Å². The first kappa shape index (κ1) is 13.9. The Morgan fingerprint density at radius 3 is 2.33 bits per heavy atom. The average Bonchev–Trinajstić information content (AvgIpc) is 2.37. The van der Waals surface area contributed by atoms with Crippen LogP contribution in [0.2, 0.25) is 11.0 Å². The number of aryl methyl sites for hydroxylation is 1. The van der Waals surface area contributed by atoms with Crippen LogP contribution in [0.4, 0.5) is 0 Å². The quantitative estimate of drug-likeness (QED) is 0.573. The van der Waals surface area contributed by atoms with Gasteiger partial charge in [-0.25, -0.2) is 4.98 Å². The Kier molecular flexibility index (Phi) is 3.27. The lowest BCUT2D eigenvalue weighted by Crippen LogP contribution is -2.36. The van der Waals surface area contributed by atoms with E-state index in [0.29, 0.717) is 11.0 Å². The predicted octanol–water partition coefficient (Wildman–Crippen LogP) is 3.47. The summed E-state index contributed by atoms with van der Waals surface area (Å²) in [6, 6.07) is 4.00. The van der Waals surface area contributed by atoms with Crippen molar-refractivity contribution in [3.8, 4) is 0 Å². The molecule has 0 amide bonds. The van der Waals surface area contributed by atoms with Crippen molar-refractivity contribution in [3.63, 3.8) is 0 Å². The fraction of sp³-hybridized carbons (Fsp3) is 0.643. The molecule has 0 aromatic carbocycles. The van der Waals surface area contributed by atoms with Crippen molar-refractivity contribution in [1.82, 2.24) is 4.98 Å². The lowest BCUT2D eigenvalue weighted by molar-refractivity contribution is 0.0296. The Labute approximate surface area is 115 Å². The third kappa shape index (κ3) is 2.08. The van der Waals surface area contributed by atoms with E-state index in [1.807, 2.05) is 13.0 Å². The molecule has 0 bridgehead atoms. The molecule has 1 aliphatic heterocycles. The molecular formula is C14H21BClNO. The van der Waals surface area contributed by atoms with E-state index < -0.39 is 0 Å². The van der Waals surface area contributed by atoms with Gasteiger partial charge in [0, 0.05) is 5.69 Å². The maximum absolute atomic E-state index is 6.29. The summed E-state index contributed by atoms with van der Waals surface area (Å²) < 4.78 is 6.29. The molecule has 0 aliphatic carbocycles. The lowest BCUT2D eigenvalue weighted by Gasteiger charge is -2.36. The molecule has 1 fully saturated rings. The van der Waals surface area contributed by atoms with Gasteiger partial charge >= 0.3 is 6.92 Å². The van der Waals surface area contributed by atoms with Crippen molar-refractivity contribution in [2.75, 3.05) is 0 Å². The molecule has 1 saturated heterocycles. The Morgan fingerprint density at radius 1 is 1.28 bits per heavy atom. The molecule has 1 aliphatic rings. The van der Waals surface area contributed by atoms with Crippen LogP contribution in [0.1, 0.15) is 40.3 Å². The van der Waals surface area contributed by atoms with Crippen LogP contribution in [0, 0.1) is 12.3 Å². The number of aromatic nitrogens is 1. The third-order valence-corrected chi connectivity index (χ3v) is 5.03. The molecular weight excluding hydrogens is 244 g/mol. The van der Waals surface area contributed by atoms with E-state index in [2.05, 4.69) is 45.7 Å². The number of halogens is 1. The van der Waals surface area contributed by atoms with Gasteiger partial charge in [0.2, 0.25) is 0 Å². The zero-order valence-corrected chi connectivity index (χ0v) is 12.8. The Balaban J connectivity index is 2.42. The van der Waals surface area contributed by atoms with Gasteiger partial charge in [-0.05, 0) is 49.6 Å². The molecule has 0 N–H and O–H groups in total. The summed E-state index contributed by atoms with van der Waals surface area (Å²) in [5.74, 6) is 0.436. The third-order valence-electron chi connectivity index (χ3n) is 4.84. The van der Waals surface area contributed by atoms with Gasteiger partial charge in [0.05, 0.1) is 5.60 Å². The van der Waals surface area contributed by atoms with E-state index in [0.717, 1.165) is 11.2 Å². The molecule has 1 aromatic rings. The van der Waals surface area contributed by atoms with Gasteiger partial charge in [-0.2, -0.15) is 0 Å². The van der Waals surface area contributed by atoms with Crippen molar-refractivity contribution < 1.29 is 4.65 Å². The predicted molar refractivity (Wildman–Crippen MR) is 77.7 cm³/mol. The molecule has 0 saturated carbocycles. The fourth-order valence-electron chi connectivity index (χ4n) is 2.67. The second kappa shape index (κ2) is 4.24. The van der Waals surface area contributed by atoms with Gasteiger partial charge in [-0.15, -0.1) is 0 Å². The summed E-state index contributed by atoms with van der Waals surface area (Å²) in [7, 11) is 0. The molecule has 98 valence electrons. The van der Waals surface area contributed by atoms with Crippen molar-refractivity contribution in [3.05, 3.63) is 23.0 Å². The molecule has 2 nitrogen and oxygen atoms in total. The second-order valence-corrected chi connectivity index (χ2v) is 6.81. The number of hydrogen-bond acceptors (Lipinski definition) is 2. The summed E-state index contributed by atoms with van der Waals surface area (Å²) in [5, 5.41) is 0.545. The van der Waals surface area contributed by atoms with E-state index in [1.165, 1.54) is 0 Å². The first-order valence-corrected chi connectivity index (χ1v) is 6.85. The van der Waals surface area contributed by atoms with Crippen molar-refractivity contribution >= 4 is 24.0 Å². The normalized spacial score (nSPS) is 25.5. The highest BCUT2D eigenvalue weighted by Gasteiger charge is 2.55. The average molecular weight is 266 g/mol. The standard InChI is InChI=1S/C14H21BClNO/c1-9-7-11(8-12(16)17-9)15-10(2)13(3,4)14(5,6)18-15/h7-8,10H,1-6H3. The maximum atomic E-state index is 6.29. The Bertz CT molecular complexity index is 453. The van der Waals surface area contributed by atoms with E-state index in [9.17, 15) is 0 Å². The Morgan fingerprint density at radius 2 is 1.89 bits per heavy atom. The number of hydrogen-bond donors (Lipinski definition) is 0. The van der Waals surface area contributed by atoms with Crippen LogP contribution in [0.25, 0.3) is 0 Å². The summed E-state index contributed by atoms with van der Waals surface area (Å²) in [4.78, 5) is 4.21. The van der Waals surface area contributed by atoms with Crippen LogP contribution in [0.15, 0.2) is 12.1 Å². The molecule has 1 aromatic heterocycles. The summed E-state index contributed by atoms with van der Waals surface area (Å²) >= 11 is 6.05. The van der Waals surface area contributed by atoms with Crippen LogP contribution in [0.5, 0.6) is 0 Å². The van der Waals surface area contributed by atoms with Gasteiger partial charge in [-0.3, -0.25) is 0 Å². The number of nitrogens with zero attached hydrogens (tertiary/aromatic N) is 1. The fourth-order valence-corrected chi connectivity index (χ4v) is 2.93. The van der Waals surface area contributed by atoms with Crippen LogP contribution in [0.3, 0.4) is 0 Å². The number of rotatable bonds is 1. The molecule has 18 heavy (non-hydrogen) atoms. The lowest BCUT2D eigenvalue weighted by atomic mass is 9.47. The second-order valence-electron chi connectivity index (χ2n) is 6.42. The number of pyridine rings is 1. The Hall–Kier alpha value is -0.535. The first-order valence-electron chi connectivity index (χ1n) is 6.47. The minimum atomic E-state index is -0.138. The van der Waals surface area contributed by atoms with Gasteiger partial charge in [-0.1, -0.05) is 32.4 Å². The SMILES string of the molecule is Cc1cc(B2OC(C)(C)C(C)(C)C2C)cc(Cl)n1. The summed E-state index contributed by atoms with van der Waals surface area (Å²) in [5.41, 5.74) is 2.07. The van der Waals surface area contributed by atoms with Crippen LogP contribution in [-0.2, 0) is 4.65 Å². The van der Waals surface area contributed by atoms with Crippen LogP contribution < -0.4 is 5.46 Å². The highest BCUT2D eigenvalue weighted by Crippen LogP contribution is 2.51. The maximum Gasteiger partial charge on any atom is 0.331 e. The minimum Gasteiger partial charge on any atom is -0.425 e. The van der Waals surface area contributed by atoms with E-state index >= 15 is 0 Å². The van der Waals surface area contributed by atoms with Gasteiger partial charge < -0.3 is 4.65 Å². The smallest absolute Gasteiger partial charge is 0.331 e. The molecule has 1 unspecified atom stereocenters. The van der Waals surface area contributed by atoms with Crippen LogP contribution >= 0.6 is 11.6 Å². The minimum absolute atomic E-state index is 0.0919. The molecule has 2 heterocycles. The zero-order valence-electron chi connectivity index (χ0n) is 12.0. The largest absolute Gasteiger partial charge is 0.425 e. The molecule has 1 atom stereocenters. The monoisotopic (exact) mass is 265 g/mol. The van der Waals surface area contributed by atoms with Gasteiger partial charge in [0.25, 0.3) is 0 Å². The van der Waals surface area contributed by atoms with Gasteiger partial charge in [0.1, 0.15) is 5.15 Å². The highest BCUT2D eigenvalue weighted by atomic mass is 35.5. The van der Waals surface area contributed by atoms with Gasteiger partial charge in [0.15, 0.2) is 0 Å². The first-order chi connectivity index (χ1) is 8.15. The summed E-state index contributed by atoms with van der Waals surface area (Å²) in [6.07, 6.45) is 0. The molecule has 2 rings (SSSR count). The van der Waals surface area contributed by atoms with E-state index in [-0.39, 0.29) is 17.9 Å².